The number of anilines is 1. The summed E-state index contributed by atoms with van der Waals surface area (Å²) in [5.74, 6) is -1.82. The first-order valence-corrected chi connectivity index (χ1v) is 14.9. The Morgan fingerprint density at radius 2 is 1.70 bits per heavy atom. The second-order valence-electron chi connectivity index (χ2n) is 10.4. The summed E-state index contributed by atoms with van der Waals surface area (Å²) in [7, 11) is 0. The number of rotatable bonds is 7. The summed E-state index contributed by atoms with van der Waals surface area (Å²) in [6.45, 7) is 6.14. The molecular weight excluding hydrogens is 586 g/mol. The van der Waals surface area contributed by atoms with Crippen molar-refractivity contribution in [3.8, 4) is 5.69 Å². The number of hydrogen-bond acceptors (Lipinski definition) is 7. The van der Waals surface area contributed by atoms with Gasteiger partial charge < -0.3 is 15.1 Å². The highest BCUT2D eigenvalue weighted by Crippen LogP contribution is 2.30. The fraction of sp³-hybridized carbons (Fsp3) is 0.219. The highest BCUT2D eigenvalue weighted by Gasteiger charge is 2.24. The standard InChI is InChI=1S/C32H28F2N6O3S/c1-2-38-13-15-39(16-14-38)31(42)27-19-26-29(44-27)21(9-10-35-26)17-20-3-6-23(18-25(20)34)37-30(41)28-32(43)40(12-11-36-28)24-7-4-22(33)5-8-24/h3-12,18-19H,2,13-17H2,1H3,(H,37,41). The number of carbonyl (C=O) groups is 2. The van der Waals surface area contributed by atoms with Gasteiger partial charge in [0.1, 0.15) is 11.6 Å². The van der Waals surface area contributed by atoms with Crippen molar-refractivity contribution >= 4 is 39.1 Å². The van der Waals surface area contributed by atoms with E-state index in [0.29, 0.717) is 34.7 Å². The Morgan fingerprint density at radius 3 is 2.43 bits per heavy atom. The Bertz CT molecular complexity index is 1920. The number of nitrogens with one attached hydrogen (secondary N) is 1. The molecule has 4 heterocycles. The number of benzene rings is 2. The molecule has 1 aliphatic heterocycles. The topological polar surface area (TPSA) is 100 Å². The van der Waals surface area contributed by atoms with E-state index < -0.39 is 28.8 Å². The van der Waals surface area contributed by atoms with Crippen molar-refractivity contribution in [2.24, 2.45) is 0 Å². The number of hydrogen-bond donors (Lipinski definition) is 1. The van der Waals surface area contributed by atoms with Gasteiger partial charge in [-0.25, -0.2) is 13.8 Å². The van der Waals surface area contributed by atoms with Crippen LogP contribution in [0.2, 0.25) is 0 Å². The number of fused-ring (bicyclic) bond motifs is 1. The van der Waals surface area contributed by atoms with Crippen LogP contribution < -0.4 is 10.9 Å². The molecular formula is C32H28F2N6O3S. The highest BCUT2D eigenvalue weighted by atomic mass is 32.1. The van der Waals surface area contributed by atoms with Crippen LogP contribution in [0, 0.1) is 11.6 Å². The van der Waals surface area contributed by atoms with E-state index in [4.69, 9.17) is 0 Å². The molecule has 0 bridgehead atoms. The molecule has 0 atom stereocenters. The number of likely N-dealkylation sites (N-methyl/N-ethyl adjacent to an activating group) is 1. The average molecular weight is 615 g/mol. The normalized spacial score (nSPS) is 13.8. The fourth-order valence-electron chi connectivity index (χ4n) is 5.19. The number of nitrogens with zero attached hydrogens (tertiary/aromatic N) is 5. The molecule has 3 aromatic heterocycles. The Hall–Kier alpha value is -4.81. The first-order chi connectivity index (χ1) is 21.3. The molecule has 1 fully saturated rings. The number of piperazine rings is 1. The van der Waals surface area contributed by atoms with E-state index in [1.165, 1.54) is 58.6 Å². The molecule has 2 aromatic carbocycles. The summed E-state index contributed by atoms with van der Waals surface area (Å²) in [5.41, 5.74) is 1.34. The zero-order valence-corrected chi connectivity index (χ0v) is 24.6. The minimum absolute atomic E-state index is 0.0155. The molecule has 44 heavy (non-hydrogen) atoms. The quantitative estimate of drug-likeness (QED) is 0.284. The summed E-state index contributed by atoms with van der Waals surface area (Å²) in [5, 5.41) is 2.53. The lowest BCUT2D eigenvalue weighted by Crippen LogP contribution is -2.48. The van der Waals surface area contributed by atoms with Crippen LogP contribution in [0.25, 0.3) is 15.9 Å². The SMILES string of the molecule is CCN1CCN(C(=O)c2cc3nccc(Cc4ccc(NC(=O)c5nccn(-c6ccc(F)cc6)c5=O)cc4F)c3s2)CC1. The Labute approximate surface area is 255 Å². The van der Waals surface area contributed by atoms with Gasteiger partial charge in [0.05, 0.1) is 15.1 Å². The van der Waals surface area contributed by atoms with Gasteiger partial charge in [-0.3, -0.25) is 23.9 Å². The van der Waals surface area contributed by atoms with Gasteiger partial charge in [0, 0.05) is 62.6 Å². The van der Waals surface area contributed by atoms with Crippen LogP contribution in [-0.2, 0) is 6.42 Å². The maximum absolute atomic E-state index is 15.3. The van der Waals surface area contributed by atoms with Crippen LogP contribution in [-0.4, -0.2) is 68.9 Å². The maximum Gasteiger partial charge on any atom is 0.286 e. The maximum atomic E-state index is 15.3. The number of halogens is 2. The van der Waals surface area contributed by atoms with E-state index in [9.17, 15) is 18.8 Å². The smallest absolute Gasteiger partial charge is 0.286 e. The van der Waals surface area contributed by atoms with Gasteiger partial charge in [0.15, 0.2) is 5.69 Å². The average Bonchev–Trinajstić information content (AvgIpc) is 3.48. The predicted molar refractivity (Wildman–Crippen MR) is 165 cm³/mol. The van der Waals surface area contributed by atoms with Gasteiger partial charge in [0.2, 0.25) is 0 Å². The monoisotopic (exact) mass is 614 g/mol. The number of aromatic nitrogens is 3. The van der Waals surface area contributed by atoms with Gasteiger partial charge in [-0.05, 0) is 66.2 Å². The minimum Gasteiger partial charge on any atom is -0.335 e. The molecule has 224 valence electrons. The minimum atomic E-state index is -0.804. The van der Waals surface area contributed by atoms with Crippen molar-refractivity contribution in [3.63, 3.8) is 0 Å². The van der Waals surface area contributed by atoms with E-state index in [1.807, 2.05) is 11.0 Å². The van der Waals surface area contributed by atoms with Crippen LogP contribution in [0.15, 0.2) is 78.0 Å². The molecule has 9 nitrogen and oxygen atoms in total. The number of carbonyl (C=O) groups excluding carboxylic acids is 2. The van der Waals surface area contributed by atoms with E-state index in [-0.39, 0.29) is 18.0 Å². The van der Waals surface area contributed by atoms with Gasteiger partial charge in [-0.2, -0.15) is 0 Å². The third-order valence-corrected chi connectivity index (χ3v) is 8.85. The van der Waals surface area contributed by atoms with E-state index in [1.54, 1.807) is 24.4 Å². The van der Waals surface area contributed by atoms with Crippen molar-refractivity contribution in [1.82, 2.24) is 24.3 Å². The van der Waals surface area contributed by atoms with Crippen molar-refractivity contribution in [1.29, 1.82) is 0 Å². The zero-order valence-electron chi connectivity index (χ0n) is 23.8. The van der Waals surface area contributed by atoms with E-state index >= 15 is 4.39 Å². The van der Waals surface area contributed by atoms with E-state index in [2.05, 4.69) is 27.1 Å². The lowest BCUT2D eigenvalue weighted by atomic mass is 10.0. The molecule has 0 unspecified atom stereocenters. The summed E-state index contributed by atoms with van der Waals surface area (Å²) >= 11 is 1.36. The number of pyridine rings is 1. The Balaban J connectivity index is 1.17. The third-order valence-electron chi connectivity index (χ3n) is 7.66. The zero-order chi connectivity index (χ0) is 30.8. The largest absolute Gasteiger partial charge is 0.335 e. The van der Waals surface area contributed by atoms with Crippen LogP contribution in [0.3, 0.4) is 0 Å². The molecule has 0 saturated carbocycles. The summed E-state index contributed by atoms with van der Waals surface area (Å²) in [6.07, 6.45) is 4.56. The fourth-order valence-corrected chi connectivity index (χ4v) is 6.29. The van der Waals surface area contributed by atoms with Crippen LogP contribution in [0.5, 0.6) is 0 Å². The summed E-state index contributed by atoms with van der Waals surface area (Å²) < 4.78 is 30.6. The molecule has 0 aliphatic carbocycles. The van der Waals surface area contributed by atoms with Crippen LogP contribution >= 0.6 is 11.3 Å². The van der Waals surface area contributed by atoms with Crippen molar-refractivity contribution in [3.05, 3.63) is 117 Å². The molecule has 2 amide bonds. The second-order valence-corrected chi connectivity index (χ2v) is 11.4. The van der Waals surface area contributed by atoms with Gasteiger partial charge >= 0.3 is 0 Å². The second kappa shape index (κ2) is 12.4. The molecule has 5 aromatic rings. The van der Waals surface area contributed by atoms with Crippen molar-refractivity contribution in [2.45, 2.75) is 13.3 Å². The van der Waals surface area contributed by atoms with Gasteiger partial charge in [0.25, 0.3) is 17.4 Å². The lowest BCUT2D eigenvalue weighted by Gasteiger charge is -2.33. The highest BCUT2D eigenvalue weighted by molar-refractivity contribution is 7.21. The Kier molecular flexibility index (Phi) is 8.27. The first kappa shape index (κ1) is 29.3. The molecule has 1 aliphatic rings. The molecule has 0 spiro atoms. The molecule has 6 rings (SSSR count). The molecule has 1 N–H and O–H groups in total. The van der Waals surface area contributed by atoms with Crippen molar-refractivity contribution in [2.75, 3.05) is 38.0 Å². The van der Waals surface area contributed by atoms with Crippen molar-refractivity contribution < 1.29 is 18.4 Å². The van der Waals surface area contributed by atoms with Crippen LogP contribution in [0.4, 0.5) is 14.5 Å². The van der Waals surface area contributed by atoms with Gasteiger partial charge in [-0.1, -0.05) is 13.0 Å². The Morgan fingerprint density at radius 1 is 0.932 bits per heavy atom. The van der Waals surface area contributed by atoms with Crippen LogP contribution in [0.1, 0.15) is 38.2 Å². The van der Waals surface area contributed by atoms with Gasteiger partial charge in [-0.15, -0.1) is 11.3 Å². The number of thiophene rings is 1. The van der Waals surface area contributed by atoms with E-state index in [0.717, 1.165) is 29.9 Å². The predicted octanol–water partition coefficient (Wildman–Crippen LogP) is 4.74. The molecule has 0 radical (unpaired) electrons. The first-order valence-electron chi connectivity index (χ1n) is 14.1. The lowest BCUT2D eigenvalue weighted by molar-refractivity contribution is 0.0648. The number of amides is 2. The summed E-state index contributed by atoms with van der Waals surface area (Å²) in [4.78, 5) is 52.1. The third kappa shape index (κ3) is 5.99. The molecule has 1 saturated heterocycles. The molecule has 12 heteroatoms. The summed E-state index contributed by atoms with van der Waals surface area (Å²) in [6, 6.07) is 13.1.